The molecule has 0 fully saturated rings. The summed E-state index contributed by atoms with van der Waals surface area (Å²) in [5.41, 5.74) is 4.09. The zero-order valence-electron chi connectivity index (χ0n) is 12.4. The molecule has 21 heavy (non-hydrogen) atoms. The zero-order chi connectivity index (χ0) is 14.8. The lowest BCUT2D eigenvalue weighted by Crippen LogP contribution is -2.23. The van der Waals surface area contributed by atoms with Gasteiger partial charge in [0.2, 0.25) is 5.89 Å². The maximum absolute atomic E-state index is 4.98. The predicted molar refractivity (Wildman–Crippen MR) is 76.9 cm³/mol. The maximum atomic E-state index is 4.98. The summed E-state index contributed by atoms with van der Waals surface area (Å²) in [6, 6.07) is 2.15. The molecule has 0 aliphatic rings. The van der Waals surface area contributed by atoms with E-state index < -0.39 is 0 Å². The van der Waals surface area contributed by atoms with Gasteiger partial charge in [0.25, 0.3) is 0 Å². The van der Waals surface area contributed by atoms with E-state index in [1.165, 1.54) is 6.33 Å². The summed E-state index contributed by atoms with van der Waals surface area (Å²) < 4.78 is 6.87. The largest absolute Gasteiger partial charge is 0.340 e. The van der Waals surface area contributed by atoms with Gasteiger partial charge in [-0.15, -0.1) is 0 Å². The van der Waals surface area contributed by atoms with E-state index in [9.17, 15) is 0 Å². The molecular formula is C14H18N6O. The molecule has 3 rings (SSSR count). The molecule has 3 aromatic rings. The predicted octanol–water partition coefficient (Wildman–Crippen LogP) is 1.62. The second-order valence-corrected chi connectivity index (χ2v) is 5.12. The summed E-state index contributed by atoms with van der Waals surface area (Å²) in [5, 5.41) is 11.5. The lowest BCUT2D eigenvalue weighted by molar-refractivity contribution is 0.372. The van der Waals surface area contributed by atoms with E-state index in [2.05, 4.69) is 39.4 Å². The van der Waals surface area contributed by atoms with Crippen molar-refractivity contribution in [1.82, 2.24) is 30.1 Å². The molecule has 1 N–H and O–H groups in total. The molecule has 0 aliphatic carbocycles. The van der Waals surface area contributed by atoms with Crippen molar-refractivity contribution in [3.05, 3.63) is 41.4 Å². The van der Waals surface area contributed by atoms with Crippen molar-refractivity contribution < 1.29 is 4.52 Å². The minimum Gasteiger partial charge on any atom is -0.340 e. The topological polar surface area (TPSA) is 81.1 Å². The Morgan fingerprint density at radius 1 is 1.33 bits per heavy atom. The third kappa shape index (κ3) is 2.78. The van der Waals surface area contributed by atoms with Crippen molar-refractivity contribution in [2.24, 2.45) is 0 Å². The molecule has 0 radical (unpaired) electrons. The first kappa shape index (κ1) is 13.7. The molecular weight excluding hydrogens is 268 g/mol. The van der Waals surface area contributed by atoms with E-state index in [1.54, 1.807) is 0 Å². The van der Waals surface area contributed by atoms with E-state index in [4.69, 9.17) is 4.52 Å². The van der Waals surface area contributed by atoms with Crippen molar-refractivity contribution in [2.75, 3.05) is 6.54 Å². The van der Waals surface area contributed by atoms with Crippen LogP contribution in [0.4, 0.5) is 0 Å². The minimum atomic E-state index is 0.175. The van der Waals surface area contributed by atoms with Gasteiger partial charge in [-0.05, 0) is 20.8 Å². The summed E-state index contributed by atoms with van der Waals surface area (Å²) in [6.07, 6.45) is 4.04. The summed E-state index contributed by atoms with van der Waals surface area (Å²) in [5.74, 6) is 0.641. The van der Waals surface area contributed by atoms with Crippen LogP contribution in [0.1, 0.15) is 35.8 Å². The summed E-state index contributed by atoms with van der Waals surface area (Å²) in [7, 11) is 0. The highest BCUT2D eigenvalue weighted by Gasteiger charge is 2.13. The van der Waals surface area contributed by atoms with Crippen LogP contribution in [-0.2, 0) is 6.42 Å². The molecule has 0 bridgehead atoms. The average molecular weight is 286 g/mol. The molecule has 0 amide bonds. The second-order valence-electron chi connectivity index (χ2n) is 5.12. The molecule has 7 heteroatoms. The van der Waals surface area contributed by atoms with Crippen molar-refractivity contribution in [2.45, 2.75) is 33.2 Å². The van der Waals surface area contributed by atoms with E-state index in [-0.39, 0.29) is 6.04 Å². The fourth-order valence-electron chi connectivity index (χ4n) is 2.41. The Bertz CT molecular complexity index is 733. The first-order valence-electron chi connectivity index (χ1n) is 6.96. The number of nitrogens with zero attached hydrogens (tertiary/aromatic N) is 5. The molecule has 0 saturated heterocycles. The lowest BCUT2D eigenvalue weighted by Gasteiger charge is -2.16. The van der Waals surface area contributed by atoms with Crippen LogP contribution in [0, 0.1) is 13.8 Å². The average Bonchev–Trinajstić information content (AvgIpc) is 3.08. The third-order valence-electron chi connectivity index (χ3n) is 3.55. The molecule has 1 unspecified atom stereocenters. The lowest BCUT2D eigenvalue weighted by atomic mass is 10.1. The van der Waals surface area contributed by atoms with Crippen molar-refractivity contribution in [3.63, 3.8) is 0 Å². The van der Waals surface area contributed by atoms with Gasteiger partial charge in [0.05, 0.1) is 5.69 Å². The smallest absolute Gasteiger partial charge is 0.227 e. The Balaban J connectivity index is 1.71. The van der Waals surface area contributed by atoms with Gasteiger partial charge < -0.3 is 9.84 Å². The molecule has 0 aliphatic heterocycles. The number of hydrogen-bond donors (Lipinski definition) is 1. The molecule has 7 nitrogen and oxygen atoms in total. The maximum Gasteiger partial charge on any atom is 0.227 e. The zero-order valence-corrected chi connectivity index (χ0v) is 12.4. The SMILES string of the molecule is Cc1cc2ncc(C(C)NCCc3ncno3)c(C)n2n1. The van der Waals surface area contributed by atoms with Crippen LogP contribution in [0.3, 0.4) is 0 Å². The van der Waals surface area contributed by atoms with E-state index in [0.717, 1.165) is 29.1 Å². The first-order valence-corrected chi connectivity index (χ1v) is 6.96. The Morgan fingerprint density at radius 2 is 2.19 bits per heavy atom. The second kappa shape index (κ2) is 5.61. The Morgan fingerprint density at radius 3 is 2.95 bits per heavy atom. The highest BCUT2D eigenvalue weighted by molar-refractivity contribution is 5.42. The van der Waals surface area contributed by atoms with Gasteiger partial charge in [-0.2, -0.15) is 10.1 Å². The Kier molecular flexibility index (Phi) is 3.66. The standard InChI is InChI=1S/C14H18N6O/c1-9-6-13-16-7-12(11(3)20(13)19-9)10(2)15-5-4-14-17-8-18-21-14/h6-8,10,15H,4-5H2,1-3H3. The van der Waals surface area contributed by atoms with Gasteiger partial charge in [-0.1, -0.05) is 5.16 Å². The van der Waals surface area contributed by atoms with Gasteiger partial charge in [0.15, 0.2) is 12.0 Å². The van der Waals surface area contributed by atoms with Crippen LogP contribution >= 0.6 is 0 Å². The van der Waals surface area contributed by atoms with Crippen LogP contribution in [0.2, 0.25) is 0 Å². The van der Waals surface area contributed by atoms with E-state index in [0.29, 0.717) is 12.3 Å². The van der Waals surface area contributed by atoms with Crippen LogP contribution in [0.25, 0.3) is 5.65 Å². The summed E-state index contributed by atoms with van der Waals surface area (Å²) in [6.45, 7) is 6.91. The Labute approximate surface area is 122 Å². The van der Waals surface area contributed by atoms with E-state index >= 15 is 0 Å². The number of aryl methyl sites for hydroxylation is 2. The van der Waals surface area contributed by atoms with Crippen LogP contribution in [0.5, 0.6) is 0 Å². The molecule has 0 aromatic carbocycles. The molecule has 110 valence electrons. The molecule has 0 saturated carbocycles. The quantitative estimate of drug-likeness (QED) is 0.767. The number of rotatable bonds is 5. The van der Waals surface area contributed by atoms with Gasteiger partial charge in [-0.3, -0.25) is 0 Å². The fourth-order valence-corrected chi connectivity index (χ4v) is 2.41. The van der Waals surface area contributed by atoms with Crippen LogP contribution in [-0.4, -0.2) is 31.3 Å². The highest BCUT2D eigenvalue weighted by Crippen LogP contribution is 2.17. The minimum absolute atomic E-state index is 0.175. The normalized spacial score (nSPS) is 12.9. The van der Waals surface area contributed by atoms with Crippen molar-refractivity contribution in [3.8, 4) is 0 Å². The van der Waals surface area contributed by atoms with Gasteiger partial charge in [0, 0.05) is 42.5 Å². The number of aromatic nitrogens is 5. The molecule has 3 heterocycles. The summed E-state index contributed by atoms with van der Waals surface area (Å²) in [4.78, 5) is 8.46. The monoisotopic (exact) mass is 286 g/mol. The van der Waals surface area contributed by atoms with Crippen LogP contribution < -0.4 is 5.32 Å². The van der Waals surface area contributed by atoms with Crippen molar-refractivity contribution >= 4 is 5.65 Å². The van der Waals surface area contributed by atoms with Crippen molar-refractivity contribution in [1.29, 1.82) is 0 Å². The number of nitrogens with one attached hydrogen (secondary N) is 1. The van der Waals surface area contributed by atoms with E-state index in [1.807, 2.05) is 23.7 Å². The van der Waals surface area contributed by atoms with Gasteiger partial charge >= 0.3 is 0 Å². The number of hydrogen-bond acceptors (Lipinski definition) is 6. The molecule has 0 spiro atoms. The summed E-state index contributed by atoms with van der Waals surface area (Å²) >= 11 is 0. The van der Waals surface area contributed by atoms with Gasteiger partial charge in [-0.25, -0.2) is 9.50 Å². The molecule has 3 aromatic heterocycles. The highest BCUT2D eigenvalue weighted by atomic mass is 16.5. The third-order valence-corrected chi connectivity index (χ3v) is 3.55. The first-order chi connectivity index (χ1) is 10.1. The van der Waals surface area contributed by atoms with Crippen LogP contribution in [0.15, 0.2) is 23.1 Å². The fraction of sp³-hybridized carbons (Fsp3) is 0.429. The Hall–Kier alpha value is -2.28. The molecule has 1 atom stereocenters. The van der Waals surface area contributed by atoms with Gasteiger partial charge in [0.1, 0.15) is 0 Å². The number of fused-ring (bicyclic) bond motifs is 1.